The molecule has 7 heteroatoms. The molecule has 1 aromatic carbocycles. The van der Waals surface area contributed by atoms with Gasteiger partial charge in [-0.3, -0.25) is 0 Å². The van der Waals surface area contributed by atoms with Crippen LogP contribution in [0.25, 0.3) is 10.9 Å². The van der Waals surface area contributed by atoms with Crippen LogP contribution in [0.5, 0.6) is 0 Å². The quantitative estimate of drug-likeness (QED) is 0.325. The van der Waals surface area contributed by atoms with Crippen molar-refractivity contribution in [1.29, 1.82) is 0 Å². The maximum absolute atomic E-state index is 12.7. The van der Waals surface area contributed by atoms with Gasteiger partial charge in [-0.15, -0.1) is 0 Å². The highest BCUT2D eigenvalue weighted by Crippen LogP contribution is 2.49. The molecular formula is C24H24N2O5. The van der Waals surface area contributed by atoms with E-state index in [2.05, 4.69) is 29.8 Å². The number of nitrogens with zero attached hydrogens (tertiary/aromatic N) is 2. The average Bonchev–Trinajstić information content (AvgIpc) is 3.37. The number of aromatic nitrogens is 2. The summed E-state index contributed by atoms with van der Waals surface area (Å²) in [6.45, 7) is 6.19. The molecule has 5 rings (SSSR count). The summed E-state index contributed by atoms with van der Waals surface area (Å²) in [5.74, 6) is -0.839. The highest BCUT2D eigenvalue weighted by Gasteiger charge is 2.61. The molecule has 1 aliphatic carbocycles. The number of esters is 2. The van der Waals surface area contributed by atoms with Crippen molar-refractivity contribution in [2.75, 3.05) is 6.61 Å². The molecular weight excluding hydrogens is 396 g/mol. The minimum absolute atomic E-state index is 0.0686. The monoisotopic (exact) mass is 420 g/mol. The van der Waals surface area contributed by atoms with Gasteiger partial charge in [0.15, 0.2) is 0 Å². The first-order valence-corrected chi connectivity index (χ1v) is 10.6. The summed E-state index contributed by atoms with van der Waals surface area (Å²) >= 11 is 0. The number of epoxide rings is 1. The summed E-state index contributed by atoms with van der Waals surface area (Å²) in [5, 5.41) is 8.68. The SMILES string of the molecule is C=C1C(=O)O[C@H]2[C@H]1CC/C(COC(=O)c1cnnc3ccccc13)=C\CC[C@@]1(C)O[C@@H]21. The number of hydrogen-bond donors (Lipinski definition) is 0. The van der Waals surface area contributed by atoms with Crippen LogP contribution >= 0.6 is 0 Å². The molecule has 2 fully saturated rings. The molecule has 0 spiro atoms. The van der Waals surface area contributed by atoms with Crippen LogP contribution in [0.4, 0.5) is 0 Å². The predicted octanol–water partition coefficient (Wildman–Crippen LogP) is 3.54. The van der Waals surface area contributed by atoms with Crippen LogP contribution in [-0.2, 0) is 19.0 Å². The van der Waals surface area contributed by atoms with Gasteiger partial charge >= 0.3 is 11.9 Å². The van der Waals surface area contributed by atoms with E-state index in [0.717, 1.165) is 18.4 Å². The summed E-state index contributed by atoms with van der Waals surface area (Å²) in [4.78, 5) is 24.8. The fourth-order valence-corrected chi connectivity index (χ4v) is 4.66. The summed E-state index contributed by atoms with van der Waals surface area (Å²) in [5.41, 5.74) is 2.29. The van der Waals surface area contributed by atoms with Gasteiger partial charge in [0.2, 0.25) is 0 Å². The molecule has 0 saturated carbocycles. The van der Waals surface area contributed by atoms with Crippen LogP contribution in [0, 0.1) is 5.92 Å². The van der Waals surface area contributed by atoms with Crippen molar-refractivity contribution in [3.63, 3.8) is 0 Å². The molecule has 3 aliphatic rings. The van der Waals surface area contributed by atoms with Gasteiger partial charge in [0.1, 0.15) is 18.8 Å². The van der Waals surface area contributed by atoms with Gasteiger partial charge in [0, 0.05) is 16.9 Å². The Morgan fingerprint density at radius 2 is 2.19 bits per heavy atom. The largest absolute Gasteiger partial charge is 0.458 e. The fraction of sp³-hybridized carbons (Fsp3) is 0.417. The Kier molecular flexibility index (Phi) is 4.85. The van der Waals surface area contributed by atoms with E-state index in [1.165, 1.54) is 6.20 Å². The first kappa shape index (κ1) is 19.9. The van der Waals surface area contributed by atoms with Crippen molar-refractivity contribution < 1.29 is 23.8 Å². The van der Waals surface area contributed by atoms with E-state index < -0.39 is 5.97 Å². The number of carbonyl (C=O) groups is 2. The second kappa shape index (κ2) is 7.57. The number of rotatable bonds is 3. The molecule has 0 radical (unpaired) electrons. The molecule has 0 unspecified atom stereocenters. The lowest BCUT2D eigenvalue weighted by molar-refractivity contribution is -0.140. The van der Waals surface area contributed by atoms with Crippen molar-refractivity contribution in [3.05, 3.63) is 59.8 Å². The molecule has 2 saturated heterocycles. The highest BCUT2D eigenvalue weighted by atomic mass is 16.6. The summed E-state index contributed by atoms with van der Waals surface area (Å²) < 4.78 is 17.2. The summed E-state index contributed by atoms with van der Waals surface area (Å²) in [6, 6.07) is 7.35. The number of allylic oxidation sites excluding steroid dienone is 1. The smallest absolute Gasteiger partial charge is 0.340 e. The number of ether oxygens (including phenoxy) is 3. The molecule has 0 amide bonds. The van der Waals surface area contributed by atoms with Gasteiger partial charge in [-0.1, -0.05) is 30.9 Å². The predicted molar refractivity (Wildman–Crippen MR) is 112 cm³/mol. The van der Waals surface area contributed by atoms with E-state index in [0.29, 0.717) is 34.9 Å². The molecule has 1 aromatic heterocycles. The Hall–Kier alpha value is -3.06. The van der Waals surface area contributed by atoms with Crippen LogP contribution in [-0.4, -0.2) is 46.6 Å². The minimum atomic E-state index is -0.427. The standard InChI is InChI=1S/C24H24N2O5/c1-14-16-10-9-15(6-5-11-24(2)21(31-24)20(16)30-22(14)27)13-29-23(28)18-12-25-26-19-8-4-3-7-17(18)19/h3-4,6-8,12,16,20-21H,1,5,9-11,13H2,2H3/b15-6+/t16-,20-,21-,24+/m0/s1. The Morgan fingerprint density at radius 3 is 3.06 bits per heavy atom. The highest BCUT2D eigenvalue weighted by molar-refractivity contribution is 6.02. The van der Waals surface area contributed by atoms with E-state index in [9.17, 15) is 9.59 Å². The van der Waals surface area contributed by atoms with E-state index in [1.807, 2.05) is 24.3 Å². The van der Waals surface area contributed by atoms with Gasteiger partial charge < -0.3 is 14.2 Å². The van der Waals surface area contributed by atoms with Crippen molar-refractivity contribution in [2.24, 2.45) is 5.92 Å². The number of fused-ring (bicyclic) bond motifs is 4. The van der Waals surface area contributed by atoms with Crippen molar-refractivity contribution in [1.82, 2.24) is 10.2 Å². The van der Waals surface area contributed by atoms with Crippen molar-refractivity contribution in [3.8, 4) is 0 Å². The third-order valence-electron chi connectivity index (χ3n) is 6.59. The normalized spacial score (nSPS) is 31.8. The Morgan fingerprint density at radius 1 is 1.35 bits per heavy atom. The van der Waals surface area contributed by atoms with Crippen molar-refractivity contribution in [2.45, 2.75) is 50.4 Å². The molecule has 31 heavy (non-hydrogen) atoms. The Labute approximate surface area is 180 Å². The van der Waals surface area contributed by atoms with E-state index >= 15 is 0 Å². The van der Waals surface area contributed by atoms with Gasteiger partial charge in [0.25, 0.3) is 0 Å². The van der Waals surface area contributed by atoms with Gasteiger partial charge in [0.05, 0.1) is 22.9 Å². The van der Waals surface area contributed by atoms with Crippen LogP contribution < -0.4 is 0 Å². The molecule has 4 atom stereocenters. The zero-order valence-corrected chi connectivity index (χ0v) is 17.4. The zero-order chi connectivity index (χ0) is 21.6. The first-order valence-electron chi connectivity index (χ1n) is 10.6. The van der Waals surface area contributed by atoms with Crippen LogP contribution in [0.15, 0.2) is 54.3 Å². The van der Waals surface area contributed by atoms with Gasteiger partial charge in [-0.2, -0.15) is 10.2 Å². The van der Waals surface area contributed by atoms with Crippen molar-refractivity contribution >= 4 is 22.8 Å². The third kappa shape index (κ3) is 3.63. The topological polar surface area (TPSA) is 90.9 Å². The van der Waals surface area contributed by atoms with E-state index in [4.69, 9.17) is 14.2 Å². The molecule has 160 valence electrons. The molecule has 7 nitrogen and oxygen atoms in total. The molecule has 0 N–H and O–H groups in total. The van der Waals surface area contributed by atoms with E-state index in [1.54, 1.807) is 0 Å². The lowest BCUT2D eigenvalue weighted by Gasteiger charge is -2.20. The lowest BCUT2D eigenvalue weighted by atomic mass is 9.84. The van der Waals surface area contributed by atoms with Crippen LogP contribution in [0.3, 0.4) is 0 Å². The van der Waals surface area contributed by atoms with Crippen LogP contribution in [0.2, 0.25) is 0 Å². The number of benzene rings is 1. The maximum atomic E-state index is 12.7. The minimum Gasteiger partial charge on any atom is -0.458 e. The summed E-state index contributed by atoms with van der Waals surface area (Å²) in [6.07, 6.45) is 6.25. The third-order valence-corrected chi connectivity index (χ3v) is 6.59. The maximum Gasteiger partial charge on any atom is 0.340 e. The molecule has 3 heterocycles. The van der Waals surface area contributed by atoms with Crippen LogP contribution in [0.1, 0.15) is 43.0 Å². The first-order chi connectivity index (χ1) is 15.0. The zero-order valence-electron chi connectivity index (χ0n) is 17.4. The molecule has 2 aromatic rings. The van der Waals surface area contributed by atoms with Gasteiger partial charge in [-0.25, -0.2) is 9.59 Å². The number of carbonyl (C=O) groups excluding carboxylic acids is 2. The lowest BCUT2D eigenvalue weighted by Crippen LogP contribution is -2.29. The van der Waals surface area contributed by atoms with Gasteiger partial charge in [-0.05, 0) is 44.2 Å². The second-order valence-electron chi connectivity index (χ2n) is 8.64. The average molecular weight is 420 g/mol. The summed E-state index contributed by atoms with van der Waals surface area (Å²) in [7, 11) is 0. The fourth-order valence-electron chi connectivity index (χ4n) is 4.66. The molecule has 2 aliphatic heterocycles. The Balaban J connectivity index is 1.31. The second-order valence-corrected chi connectivity index (χ2v) is 8.64. The Bertz CT molecular complexity index is 1100. The number of hydrogen-bond acceptors (Lipinski definition) is 7. The molecule has 0 bridgehead atoms. The van der Waals surface area contributed by atoms with E-state index in [-0.39, 0.29) is 36.3 Å².